The molecule has 14 aromatic carbocycles. The Morgan fingerprint density at radius 3 is 0.541 bits per heavy atom. The first-order chi connectivity index (χ1) is 65.3. The summed E-state index contributed by atoms with van der Waals surface area (Å²) < 4.78 is 0. The molecule has 0 fully saturated rings. The SMILES string of the molecule is C1=Cc2nc1cc1ccc([n-]1)c(-c1ccccc1)c1nc(cc3ccc([n-]3)c2-c2ccccc2)C=C1.[Pt+2].[Pt].[Pt].c1ccc2c(c1)C1=NC2=NC2=NC(=NC3=NC(=NC4=NC(=N1)c1ccccc14)c1ccccc13)c1ccccc12.c1ccc2cc3c(cc2c1)C1=NC3=NC2=NC(=NC3=NC(=NC4=NC(=N1)c1cc5ccccc5cc14)c1cc4ccccc4cc13)c1cc3ccccc3cc12. The molecule has 15 heterocycles. The van der Waals surface area contributed by atoms with Crippen LogP contribution in [0.5, 0.6) is 0 Å². The van der Waals surface area contributed by atoms with E-state index in [0.29, 0.717) is 93.4 Å². The summed E-state index contributed by atoms with van der Waals surface area (Å²) in [6, 6.07) is 115. The van der Waals surface area contributed by atoms with E-state index in [1.165, 1.54) is 0 Å². The summed E-state index contributed by atoms with van der Waals surface area (Å²) in [5, 5.41) is 8.70. The van der Waals surface area contributed by atoms with E-state index in [1.54, 1.807) is 0 Å². The van der Waals surface area contributed by atoms with E-state index in [1.807, 2.05) is 218 Å². The zero-order valence-corrected chi connectivity index (χ0v) is 77.4. The predicted molar refractivity (Wildman–Crippen MR) is 534 cm³/mol. The minimum atomic E-state index is 0. The van der Waals surface area contributed by atoms with Gasteiger partial charge in [0.2, 0.25) is 0 Å². The molecule has 0 atom stereocenters. The van der Waals surface area contributed by atoms with Gasteiger partial charge in [-0.25, -0.2) is 89.8 Å². The van der Waals surface area contributed by atoms with Crippen LogP contribution < -0.4 is 9.97 Å². The third-order valence-corrected chi connectivity index (χ3v) is 24.9. The second kappa shape index (κ2) is 33.1. The van der Waals surface area contributed by atoms with E-state index in [-0.39, 0.29) is 63.2 Å². The van der Waals surface area contributed by atoms with Crippen molar-refractivity contribution in [1.29, 1.82) is 0 Å². The molecular weight excluding hydrogens is 2210 g/mol. The van der Waals surface area contributed by atoms with Crippen LogP contribution in [0.15, 0.2) is 420 Å². The maximum atomic E-state index is 5.24. The normalized spacial score (nSPS) is 15.0. The molecule has 20 nitrogen and oxygen atoms in total. The summed E-state index contributed by atoms with van der Waals surface area (Å²) in [5.41, 5.74) is 25.4. The third-order valence-electron chi connectivity index (χ3n) is 24.9. The number of aliphatic imine (C=N–C) groups is 16. The van der Waals surface area contributed by atoms with Crippen molar-refractivity contribution in [2.45, 2.75) is 0 Å². The summed E-state index contributed by atoms with van der Waals surface area (Å²) in [5.74, 6) is 8.69. The molecule has 12 aliphatic rings. The van der Waals surface area contributed by atoms with E-state index in [9.17, 15) is 0 Å². The van der Waals surface area contributed by atoms with Gasteiger partial charge in [0, 0.05) is 131 Å². The van der Waals surface area contributed by atoms with Gasteiger partial charge in [-0.15, -0.1) is 22.1 Å². The Morgan fingerprint density at radius 1 is 0.163 bits per heavy atom. The summed E-state index contributed by atoms with van der Waals surface area (Å²) in [7, 11) is 0. The van der Waals surface area contributed by atoms with Gasteiger partial charge >= 0.3 is 21.1 Å². The fourth-order valence-corrected chi connectivity index (χ4v) is 18.6. The molecule has 0 unspecified atom stereocenters. The van der Waals surface area contributed by atoms with Gasteiger partial charge in [0.1, 0.15) is 0 Å². The van der Waals surface area contributed by atoms with Gasteiger partial charge in [-0.1, -0.05) is 291 Å². The monoisotopic (exact) mass is 2270 g/mol. The van der Waals surface area contributed by atoms with Crippen molar-refractivity contribution in [2.24, 2.45) is 79.9 Å². The molecule has 17 aromatic rings. The van der Waals surface area contributed by atoms with Gasteiger partial charge < -0.3 is 9.97 Å². The molecule has 0 aliphatic carbocycles. The molecule has 0 amide bonds. The average Bonchev–Trinajstić information content (AvgIpc) is 1.59. The fraction of sp³-hybridized carbons (Fsp3) is 0. The molecule has 638 valence electrons. The molecule has 0 saturated heterocycles. The maximum Gasteiger partial charge on any atom is 2.00 e. The van der Waals surface area contributed by atoms with Crippen molar-refractivity contribution in [3.8, 4) is 22.3 Å². The van der Waals surface area contributed by atoms with Crippen LogP contribution >= 0.6 is 0 Å². The molecular formula is C112H60N20Pt3. The van der Waals surface area contributed by atoms with E-state index < -0.39 is 0 Å². The van der Waals surface area contributed by atoms with Crippen LogP contribution in [-0.2, 0) is 63.2 Å². The standard InChI is InChI=1S/C48H24N8.C32H16N8.C32H20N4.3Pt/c1-2-10-26-18-34-33(17-25(26)9-1)41-49-42(34)54-44-37-21-29-13-5-6-14-30(29)22-38(37)46(51-44)56-48-40-24-32-16-8-7-15-31(32)23-39(40)47(52-48)55-45-36-20-28-12-4-3-11-27(28)19-35(36)43(50-45)53-41;1-2-10-18-17(9-1)25-33-26(18)38-28-21-13-5-6-14-22(21)30(35-28)40-32-24-16-8-7-15-23(24)31(36-32)39-29-20-12-4-3-11-19(20)27(34-29)37-25;1-3-7-21(8-4-1)31-27-15-11-23(33-27)19-25-13-17-29(35-25)32(22-9-5-2-6-10-22)30-18-14-26(36-30)20-24-12-16-28(31)34-24;;;/h1-24H;1-16H;1-20H;;;/q;;-2;;;+2. The fourth-order valence-electron chi connectivity index (χ4n) is 18.6. The van der Waals surface area contributed by atoms with Crippen molar-refractivity contribution < 1.29 is 63.2 Å². The summed E-state index contributed by atoms with van der Waals surface area (Å²) in [4.78, 5) is 101. The first kappa shape index (κ1) is 81.7. The number of benzene rings is 14. The number of rotatable bonds is 2. The van der Waals surface area contributed by atoms with Crippen molar-refractivity contribution in [1.82, 2.24) is 19.9 Å². The summed E-state index contributed by atoms with van der Waals surface area (Å²) >= 11 is 0. The number of nitrogens with zero attached hydrogens (tertiary/aromatic N) is 20. The van der Waals surface area contributed by atoms with Gasteiger partial charge in [0.05, 0.1) is 22.8 Å². The van der Waals surface area contributed by atoms with Crippen molar-refractivity contribution in [3.63, 3.8) is 0 Å². The zero-order chi connectivity index (χ0) is 86.6. The van der Waals surface area contributed by atoms with E-state index in [0.717, 1.165) is 199 Å². The number of aromatic nitrogens is 4. The largest absolute Gasteiger partial charge is 2.00 e. The molecule has 24 bridgehead atoms. The molecule has 23 heteroatoms. The van der Waals surface area contributed by atoms with Gasteiger partial charge in [-0.2, -0.15) is 0 Å². The second-order valence-corrected chi connectivity index (χ2v) is 32.9. The van der Waals surface area contributed by atoms with Gasteiger partial charge in [0.15, 0.2) is 93.4 Å². The van der Waals surface area contributed by atoms with Crippen molar-refractivity contribution in [3.05, 3.63) is 452 Å². The van der Waals surface area contributed by atoms with Crippen LogP contribution in [0, 0.1) is 0 Å². The molecule has 0 radical (unpaired) electrons. The Kier molecular flexibility index (Phi) is 20.0. The van der Waals surface area contributed by atoms with Crippen LogP contribution in [0.25, 0.3) is 112 Å². The first-order valence-electron chi connectivity index (χ1n) is 43.3. The van der Waals surface area contributed by atoms with E-state index in [2.05, 4.69) is 146 Å². The zero-order valence-electron chi connectivity index (χ0n) is 70.5. The second-order valence-electron chi connectivity index (χ2n) is 32.9. The maximum absolute atomic E-state index is 5.24. The molecule has 29 rings (SSSR count). The van der Waals surface area contributed by atoms with Crippen LogP contribution in [0.1, 0.15) is 112 Å². The minimum Gasteiger partial charge on any atom is -0.657 e. The Labute approximate surface area is 812 Å². The summed E-state index contributed by atoms with van der Waals surface area (Å²) in [6.07, 6.45) is 8.18. The topological polar surface area (TPSA) is 252 Å². The quantitative estimate of drug-likeness (QED) is 0.164. The molecule has 0 saturated carbocycles. The average molecular weight is 2270 g/mol. The molecule has 135 heavy (non-hydrogen) atoms. The minimum absolute atomic E-state index is 0. The number of hydrogen-bond acceptors (Lipinski definition) is 18. The van der Waals surface area contributed by atoms with Crippen LogP contribution in [-0.4, -0.2) is 103 Å². The molecule has 0 N–H and O–H groups in total. The van der Waals surface area contributed by atoms with Crippen LogP contribution in [0.2, 0.25) is 0 Å². The molecule has 0 spiro atoms. The molecule has 3 aromatic heterocycles. The summed E-state index contributed by atoms with van der Waals surface area (Å²) in [6.45, 7) is 0. The molecule has 12 aliphatic heterocycles. The Bertz CT molecular complexity index is 8080. The third kappa shape index (κ3) is 14.3. The van der Waals surface area contributed by atoms with E-state index >= 15 is 0 Å². The van der Waals surface area contributed by atoms with Gasteiger partial charge in [-0.3, -0.25) is 0 Å². The van der Waals surface area contributed by atoms with Gasteiger partial charge in [-0.05, 0) is 138 Å². The van der Waals surface area contributed by atoms with Crippen LogP contribution in [0.3, 0.4) is 0 Å². The van der Waals surface area contributed by atoms with Gasteiger partial charge in [0.25, 0.3) is 0 Å². The number of hydrogen-bond donors (Lipinski definition) is 0. The number of amidine groups is 16. The van der Waals surface area contributed by atoms with Crippen LogP contribution in [0.4, 0.5) is 0 Å². The number of fused-ring (bicyclic) bond motifs is 44. The predicted octanol–water partition coefficient (Wildman–Crippen LogP) is 21.5. The first-order valence-corrected chi connectivity index (χ1v) is 43.3. The Balaban J connectivity index is 0.000000113. The van der Waals surface area contributed by atoms with Crippen molar-refractivity contribution >= 4 is 183 Å². The van der Waals surface area contributed by atoms with E-state index in [4.69, 9.17) is 99.8 Å². The Hall–Kier alpha value is -16.5. The smallest absolute Gasteiger partial charge is 0.657 e. The van der Waals surface area contributed by atoms with Crippen molar-refractivity contribution in [2.75, 3.05) is 0 Å². The Morgan fingerprint density at radius 2 is 0.341 bits per heavy atom.